The Kier molecular flexibility index (Phi) is 6.67. The van der Waals surface area contributed by atoms with Gasteiger partial charge < -0.3 is 5.32 Å². The van der Waals surface area contributed by atoms with Gasteiger partial charge in [-0.1, -0.05) is 29.8 Å². The maximum absolute atomic E-state index is 13.0. The van der Waals surface area contributed by atoms with Crippen molar-refractivity contribution in [1.29, 1.82) is 0 Å². The second-order valence-electron chi connectivity index (χ2n) is 7.38. The van der Waals surface area contributed by atoms with Crippen LogP contribution in [-0.4, -0.2) is 23.0 Å². The molecule has 0 radical (unpaired) electrons. The fourth-order valence-corrected chi connectivity index (χ4v) is 4.75. The van der Waals surface area contributed by atoms with Crippen LogP contribution in [0, 0.1) is 0 Å². The number of nitrogens with zero attached hydrogens (tertiary/aromatic N) is 1. The van der Waals surface area contributed by atoms with E-state index in [0.29, 0.717) is 15.6 Å². The molecule has 1 N–H and O–H groups in total. The van der Waals surface area contributed by atoms with E-state index in [-0.39, 0.29) is 23.6 Å². The quantitative estimate of drug-likeness (QED) is 0.430. The number of carbonyl (C=O) groups is 3. The van der Waals surface area contributed by atoms with Crippen molar-refractivity contribution < 1.29 is 27.6 Å². The minimum Gasteiger partial charge on any atom is -0.322 e. The third kappa shape index (κ3) is 5.10. The molecule has 34 heavy (non-hydrogen) atoms. The zero-order valence-electron chi connectivity index (χ0n) is 17.3. The van der Waals surface area contributed by atoms with Crippen molar-refractivity contribution in [3.8, 4) is 0 Å². The molecule has 3 amide bonds. The minimum absolute atomic E-state index is 0.0133. The van der Waals surface area contributed by atoms with Crippen LogP contribution < -0.4 is 10.2 Å². The zero-order valence-corrected chi connectivity index (χ0v) is 18.9. The minimum atomic E-state index is -4.54. The molecular formula is C24H16ClF3N2O3S. The highest BCUT2D eigenvalue weighted by Crippen LogP contribution is 2.36. The average Bonchev–Trinajstić information content (AvgIpc) is 3.07. The smallest absolute Gasteiger partial charge is 0.322 e. The maximum Gasteiger partial charge on any atom is 0.416 e. The molecule has 5 nitrogen and oxygen atoms in total. The first-order valence-corrected chi connectivity index (χ1v) is 11.3. The molecule has 3 aromatic rings. The van der Waals surface area contributed by atoms with E-state index in [4.69, 9.17) is 11.6 Å². The van der Waals surface area contributed by atoms with Crippen molar-refractivity contribution in [3.63, 3.8) is 0 Å². The van der Waals surface area contributed by atoms with Gasteiger partial charge in [-0.15, -0.1) is 11.8 Å². The molecule has 0 bridgehead atoms. The van der Waals surface area contributed by atoms with E-state index in [2.05, 4.69) is 5.32 Å². The van der Waals surface area contributed by atoms with Gasteiger partial charge >= 0.3 is 6.18 Å². The number of thioether (sulfide) groups is 1. The summed E-state index contributed by atoms with van der Waals surface area (Å²) in [5.74, 6) is -1.44. The van der Waals surface area contributed by atoms with Gasteiger partial charge in [0.05, 0.1) is 22.1 Å². The molecule has 0 aromatic heterocycles. The molecule has 4 rings (SSSR count). The molecule has 1 atom stereocenters. The number of rotatable bonds is 5. The van der Waals surface area contributed by atoms with Crippen LogP contribution in [0.25, 0.3) is 0 Å². The van der Waals surface area contributed by atoms with Crippen molar-refractivity contribution >= 4 is 52.5 Å². The Morgan fingerprint density at radius 1 is 1.00 bits per heavy atom. The molecule has 0 spiro atoms. The SMILES string of the molecule is O=C(Nc1cccc(C(F)(F)F)c1)c1ccccc1S[C@@H]1CC(=O)N(c2ccc(Cl)cc2)C1=O. The summed E-state index contributed by atoms with van der Waals surface area (Å²) in [6.45, 7) is 0. The summed E-state index contributed by atoms with van der Waals surface area (Å²) in [6, 6.07) is 17.0. The van der Waals surface area contributed by atoms with Crippen LogP contribution in [0.3, 0.4) is 0 Å². The Labute approximate surface area is 201 Å². The van der Waals surface area contributed by atoms with Crippen molar-refractivity contribution in [2.45, 2.75) is 22.7 Å². The number of halogens is 4. The van der Waals surface area contributed by atoms with Crippen LogP contribution in [0.15, 0.2) is 77.7 Å². The normalized spacial score (nSPS) is 16.1. The number of hydrogen-bond donors (Lipinski definition) is 1. The summed E-state index contributed by atoms with van der Waals surface area (Å²) >= 11 is 6.94. The van der Waals surface area contributed by atoms with Crippen molar-refractivity contribution in [2.24, 2.45) is 0 Å². The van der Waals surface area contributed by atoms with E-state index in [1.807, 2.05) is 0 Å². The summed E-state index contributed by atoms with van der Waals surface area (Å²) < 4.78 is 38.9. The van der Waals surface area contributed by atoms with E-state index < -0.39 is 28.8 Å². The van der Waals surface area contributed by atoms with Crippen LogP contribution >= 0.6 is 23.4 Å². The highest BCUT2D eigenvalue weighted by molar-refractivity contribution is 8.00. The average molecular weight is 505 g/mol. The van der Waals surface area contributed by atoms with Crippen LogP contribution in [0.2, 0.25) is 5.02 Å². The predicted molar refractivity (Wildman–Crippen MR) is 124 cm³/mol. The third-order valence-corrected chi connectivity index (χ3v) is 6.55. The van der Waals surface area contributed by atoms with Gasteiger partial charge in [0, 0.05) is 22.0 Å². The topological polar surface area (TPSA) is 66.5 Å². The summed E-state index contributed by atoms with van der Waals surface area (Å²) in [5.41, 5.74) is -0.320. The van der Waals surface area contributed by atoms with E-state index in [1.165, 1.54) is 18.2 Å². The van der Waals surface area contributed by atoms with Crippen molar-refractivity contribution in [1.82, 2.24) is 0 Å². The molecule has 1 aliphatic heterocycles. The summed E-state index contributed by atoms with van der Waals surface area (Å²) in [6.07, 6.45) is -4.60. The molecule has 1 aliphatic rings. The Balaban J connectivity index is 1.53. The maximum atomic E-state index is 13.0. The molecule has 3 aromatic carbocycles. The van der Waals surface area contributed by atoms with Gasteiger partial charge in [0.15, 0.2) is 0 Å². The molecule has 174 valence electrons. The van der Waals surface area contributed by atoms with Gasteiger partial charge in [-0.25, -0.2) is 4.90 Å². The number of hydrogen-bond acceptors (Lipinski definition) is 4. The number of nitrogens with one attached hydrogen (secondary N) is 1. The van der Waals surface area contributed by atoms with Gasteiger partial charge in [-0.05, 0) is 54.6 Å². The molecule has 0 aliphatic carbocycles. The standard InChI is InChI=1S/C24H16ClF3N2O3S/c25-15-8-10-17(11-9-15)30-21(31)13-20(23(30)33)34-19-7-2-1-6-18(19)22(32)29-16-5-3-4-14(12-16)24(26,27)28/h1-12,20H,13H2,(H,29,32)/t20-/m1/s1. The van der Waals surface area contributed by atoms with Gasteiger partial charge in [-0.2, -0.15) is 13.2 Å². The first-order chi connectivity index (χ1) is 16.1. The second kappa shape index (κ2) is 9.52. The lowest BCUT2D eigenvalue weighted by atomic mass is 10.1. The lowest BCUT2D eigenvalue weighted by molar-refractivity contribution is -0.137. The van der Waals surface area contributed by atoms with Crippen LogP contribution in [-0.2, 0) is 15.8 Å². The zero-order chi connectivity index (χ0) is 24.5. The summed E-state index contributed by atoms with van der Waals surface area (Å²) in [4.78, 5) is 39.8. The van der Waals surface area contributed by atoms with Gasteiger partial charge in [0.25, 0.3) is 5.91 Å². The fourth-order valence-electron chi connectivity index (χ4n) is 3.44. The molecule has 1 saturated heterocycles. The molecule has 1 heterocycles. The first kappa shape index (κ1) is 23.8. The fraction of sp³-hybridized carbons (Fsp3) is 0.125. The van der Waals surface area contributed by atoms with Crippen molar-refractivity contribution in [2.75, 3.05) is 10.2 Å². The molecule has 0 unspecified atom stereocenters. The predicted octanol–water partition coefficient (Wildman–Crippen LogP) is 6.04. The number of alkyl halides is 3. The Bertz CT molecular complexity index is 1260. The Morgan fingerprint density at radius 2 is 1.71 bits per heavy atom. The highest BCUT2D eigenvalue weighted by Gasteiger charge is 2.40. The number of imide groups is 1. The Morgan fingerprint density at radius 3 is 2.41 bits per heavy atom. The van der Waals surface area contributed by atoms with Crippen LogP contribution in [0.5, 0.6) is 0 Å². The van der Waals surface area contributed by atoms with Crippen LogP contribution in [0.1, 0.15) is 22.3 Å². The van der Waals surface area contributed by atoms with E-state index in [9.17, 15) is 27.6 Å². The lowest BCUT2D eigenvalue weighted by Crippen LogP contribution is -2.31. The summed E-state index contributed by atoms with van der Waals surface area (Å²) in [5, 5.41) is 2.18. The number of amides is 3. The first-order valence-electron chi connectivity index (χ1n) is 10.00. The van der Waals surface area contributed by atoms with Gasteiger partial charge in [0.1, 0.15) is 0 Å². The van der Waals surface area contributed by atoms with Gasteiger partial charge in [-0.3, -0.25) is 14.4 Å². The number of benzene rings is 3. The van der Waals surface area contributed by atoms with Crippen LogP contribution in [0.4, 0.5) is 24.5 Å². The van der Waals surface area contributed by atoms with E-state index in [1.54, 1.807) is 42.5 Å². The molecular weight excluding hydrogens is 489 g/mol. The second-order valence-corrected chi connectivity index (χ2v) is 9.06. The van der Waals surface area contributed by atoms with E-state index >= 15 is 0 Å². The number of anilines is 2. The lowest BCUT2D eigenvalue weighted by Gasteiger charge is -2.16. The molecule has 1 fully saturated rings. The van der Waals surface area contributed by atoms with Gasteiger partial charge in [0.2, 0.25) is 11.8 Å². The number of carbonyl (C=O) groups excluding carboxylic acids is 3. The largest absolute Gasteiger partial charge is 0.416 e. The van der Waals surface area contributed by atoms with Crippen molar-refractivity contribution in [3.05, 3.63) is 88.9 Å². The summed E-state index contributed by atoms with van der Waals surface area (Å²) in [7, 11) is 0. The molecule has 10 heteroatoms. The Hall–Kier alpha value is -3.30. The third-order valence-electron chi connectivity index (χ3n) is 5.04. The molecule has 0 saturated carbocycles. The monoisotopic (exact) mass is 504 g/mol. The highest BCUT2D eigenvalue weighted by atomic mass is 35.5. The van der Waals surface area contributed by atoms with E-state index in [0.717, 1.165) is 28.8 Å².